The third-order valence-corrected chi connectivity index (χ3v) is 5.02. The quantitative estimate of drug-likeness (QED) is 0.743. The van der Waals surface area contributed by atoms with Gasteiger partial charge in [-0.2, -0.15) is 0 Å². The second kappa shape index (κ2) is 7.16. The van der Waals surface area contributed by atoms with Crippen LogP contribution in [0.3, 0.4) is 0 Å². The van der Waals surface area contributed by atoms with Gasteiger partial charge in [0.05, 0.1) is 13.0 Å². The van der Waals surface area contributed by atoms with Gasteiger partial charge >= 0.3 is 5.97 Å². The molecule has 0 saturated carbocycles. The number of rotatable bonds is 4. The Kier molecular flexibility index (Phi) is 5.62. The lowest BCUT2D eigenvalue weighted by atomic mass is 9.72. The van der Waals surface area contributed by atoms with E-state index in [9.17, 15) is 4.79 Å². The summed E-state index contributed by atoms with van der Waals surface area (Å²) in [5.74, 6) is 0.00479. The standard InChI is InChI=1S/C21H33NO2/c1-20(2,3)15-21(4,5)17-7-9-18(10-8-17)22-13-11-16(12-14-22)19(23)24-6/h7-10,16H,11-15H2,1-6H3. The van der Waals surface area contributed by atoms with Gasteiger partial charge in [0.2, 0.25) is 0 Å². The minimum atomic E-state index is -0.0612. The fourth-order valence-electron chi connectivity index (χ4n) is 4.09. The van der Waals surface area contributed by atoms with Gasteiger partial charge in [0.1, 0.15) is 0 Å². The molecule has 2 rings (SSSR count). The fraction of sp³-hybridized carbons (Fsp3) is 0.667. The van der Waals surface area contributed by atoms with Gasteiger partial charge in [-0.3, -0.25) is 4.79 Å². The van der Waals surface area contributed by atoms with Crippen molar-refractivity contribution in [2.75, 3.05) is 25.1 Å². The Morgan fingerprint density at radius 3 is 2.08 bits per heavy atom. The number of hydrogen-bond acceptors (Lipinski definition) is 3. The third-order valence-electron chi connectivity index (χ3n) is 5.02. The van der Waals surface area contributed by atoms with Crippen LogP contribution in [0.4, 0.5) is 5.69 Å². The molecule has 1 aliphatic rings. The lowest BCUT2D eigenvalue weighted by molar-refractivity contribution is -0.146. The average Bonchev–Trinajstić information content (AvgIpc) is 2.52. The van der Waals surface area contributed by atoms with Crippen molar-refractivity contribution in [2.45, 2.75) is 59.3 Å². The monoisotopic (exact) mass is 331 g/mol. The highest BCUT2D eigenvalue weighted by atomic mass is 16.5. The van der Waals surface area contributed by atoms with E-state index in [1.54, 1.807) is 0 Å². The first-order chi connectivity index (χ1) is 11.1. The third kappa shape index (κ3) is 4.75. The number of anilines is 1. The molecule has 1 aromatic carbocycles. The van der Waals surface area contributed by atoms with Crippen LogP contribution in [0.2, 0.25) is 0 Å². The van der Waals surface area contributed by atoms with Gasteiger partial charge in [0, 0.05) is 18.8 Å². The molecule has 3 heteroatoms. The van der Waals surface area contributed by atoms with Crippen molar-refractivity contribution >= 4 is 11.7 Å². The van der Waals surface area contributed by atoms with Crippen molar-refractivity contribution in [3.63, 3.8) is 0 Å². The molecule has 1 aromatic rings. The summed E-state index contributed by atoms with van der Waals surface area (Å²) in [4.78, 5) is 14.0. The number of methoxy groups -OCH3 is 1. The molecule has 0 spiro atoms. The van der Waals surface area contributed by atoms with Crippen molar-refractivity contribution in [2.24, 2.45) is 11.3 Å². The zero-order valence-corrected chi connectivity index (χ0v) is 16.2. The molecule has 134 valence electrons. The van der Waals surface area contributed by atoms with Gasteiger partial charge < -0.3 is 9.64 Å². The summed E-state index contributed by atoms with van der Waals surface area (Å²) in [5.41, 5.74) is 3.14. The first kappa shape index (κ1) is 18.8. The van der Waals surface area contributed by atoms with Gasteiger partial charge in [0.25, 0.3) is 0 Å². The Hall–Kier alpha value is -1.51. The SMILES string of the molecule is COC(=O)C1CCN(c2ccc(C(C)(C)CC(C)(C)C)cc2)CC1. The molecule has 0 bridgehead atoms. The van der Waals surface area contributed by atoms with Crippen LogP contribution in [-0.2, 0) is 14.9 Å². The van der Waals surface area contributed by atoms with Crippen LogP contribution >= 0.6 is 0 Å². The van der Waals surface area contributed by atoms with E-state index in [0.29, 0.717) is 5.41 Å². The summed E-state index contributed by atoms with van der Waals surface area (Å²) in [5, 5.41) is 0. The number of esters is 1. The molecule has 24 heavy (non-hydrogen) atoms. The smallest absolute Gasteiger partial charge is 0.308 e. The van der Waals surface area contributed by atoms with Crippen molar-refractivity contribution in [3.05, 3.63) is 29.8 Å². The number of benzene rings is 1. The Morgan fingerprint density at radius 2 is 1.62 bits per heavy atom. The Labute approximate surface area is 147 Å². The average molecular weight is 332 g/mol. The first-order valence-corrected chi connectivity index (χ1v) is 9.06. The van der Waals surface area contributed by atoms with E-state index in [-0.39, 0.29) is 17.3 Å². The van der Waals surface area contributed by atoms with Crippen LogP contribution in [-0.4, -0.2) is 26.2 Å². The van der Waals surface area contributed by atoms with Crippen LogP contribution < -0.4 is 4.90 Å². The predicted octanol–water partition coefficient (Wildman–Crippen LogP) is 4.79. The molecule has 0 N–H and O–H groups in total. The largest absolute Gasteiger partial charge is 0.469 e. The lowest BCUT2D eigenvalue weighted by Crippen LogP contribution is -2.36. The molecule has 0 aliphatic carbocycles. The highest BCUT2D eigenvalue weighted by Crippen LogP contribution is 2.37. The Bertz CT molecular complexity index is 546. The summed E-state index contributed by atoms with van der Waals surface area (Å²) >= 11 is 0. The molecule has 1 heterocycles. The van der Waals surface area contributed by atoms with Crippen molar-refractivity contribution in [1.82, 2.24) is 0 Å². The Balaban J connectivity index is 2.01. The second-order valence-electron chi connectivity index (χ2n) is 8.95. The molecule has 1 fully saturated rings. The topological polar surface area (TPSA) is 29.5 Å². The van der Waals surface area contributed by atoms with E-state index >= 15 is 0 Å². The van der Waals surface area contributed by atoms with Crippen molar-refractivity contribution < 1.29 is 9.53 Å². The molecule has 1 aliphatic heterocycles. The normalized spacial score (nSPS) is 17.0. The molecule has 3 nitrogen and oxygen atoms in total. The minimum Gasteiger partial charge on any atom is -0.469 e. The summed E-state index contributed by atoms with van der Waals surface area (Å²) < 4.78 is 4.87. The number of carbonyl (C=O) groups is 1. The summed E-state index contributed by atoms with van der Waals surface area (Å²) in [6.45, 7) is 13.4. The van der Waals surface area contributed by atoms with Gasteiger partial charge in [-0.25, -0.2) is 0 Å². The molecule has 0 radical (unpaired) electrons. The number of piperidine rings is 1. The van der Waals surface area contributed by atoms with E-state index in [1.807, 2.05) is 0 Å². The van der Waals surface area contributed by atoms with E-state index in [1.165, 1.54) is 18.4 Å². The maximum absolute atomic E-state index is 11.6. The van der Waals surface area contributed by atoms with Gasteiger partial charge in [-0.05, 0) is 47.8 Å². The van der Waals surface area contributed by atoms with E-state index in [2.05, 4.69) is 63.8 Å². The summed E-state index contributed by atoms with van der Waals surface area (Å²) in [6.07, 6.45) is 2.91. The highest BCUT2D eigenvalue weighted by Gasteiger charge is 2.28. The van der Waals surface area contributed by atoms with Crippen molar-refractivity contribution in [3.8, 4) is 0 Å². The van der Waals surface area contributed by atoms with Crippen molar-refractivity contribution in [1.29, 1.82) is 0 Å². The summed E-state index contributed by atoms with van der Waals surface area (Å²) in [7, 11) is 1.48. The van der Waals surface area contributed by atoms with Gasteiger partial charge in [-0.1, -0.05) is 46.8 Å². The zero-order valence-electron chi connectivity index (χ0n) is 16.2. The fourth-order valence-corrected chi connectivity index (χ4v) is 4.09. The van der Waals surface area contributed by atoms with Crippen LogP contribution in [0.25, 0.3) is 0 Å². The Morgan fingerprint density at radius 1 is 1.08 bits per heavy atom. The molecule has 0 amide bonds. The molecular formula is C21H33NO2. The van der Waals surface area contributed by atoms with Crippen LogP contribution in [0, 0.1) is 11.3 Å². The summed E-state index contributed by atoms with van der Waals surface area (Å²) in [6, 6.07) is 9.01. The van der Waals surface area contributed by atoms with E-state index in [0.717, 1.165) is 32.4 Å². The van der Waals surface area contributed by atoms with Crippen LogP contribution in [0.5, 0.6) is 0 Å². The predicted molar refractivity (Wildman–Crippen MR) is 100 cm³/mol. The van der Waals surface area contributed by atoms with Crippen LogP contribution in [0.1, 0.15) is 59.4 Å². The second-order valence-corrected chi connectivity index (χ2v) is 8.95. The van der Waals surface area contributed by atoms with Crippen LogP contribution in [0.15, 0.2) is 24.3 Å². The molecule has 1 saturated heterocycles. The molecule has 0 unspecified atom stereocenters. The maximum atomic E-state index is 11.6. The zero-order chi connectivity index (χ0) is 18.0. The number of carbonyl (C=O) groups excluding carboxylic acids is 1. The first-order valence-electron chi connectivity index (χ1n) is 9.06. The van der Waals surface area contributed by atoms with Gasteiger partial charge in [-0.15, -0.1) is 0 Å². The maximum Gasteiger partial charge on any atom is 0.308 e. The number of hydrogen-bond donors (Lipinski definition) is 0. The molecule has 0 aromatic heterocycles. The molecule has 0 atom stereocenters. The number of nitrogens with zero attached hydrogens (tertiary/aromatic N) is 1. The number of ether oxygens (including phenoxy) is 1. The lowest BCUT2D eigenvalue weighted by Gasteiger charge is -2.35. The van der Waals surface area contributed by atoms with E-state index < -0.39 is 0 Å². The minimum absolute atomic E-state index is 0.0612. The van der Waals surface area contributed by atoms with Gasteiger partial charge in [0.15, 0.2) is 0 Å². The molecular weight excluding hydrogens is 298 g/mol. The highest BCUT2D eigenvalue weighted by molar-refractivity contribution is 5.72. The van der Waals surface area contributed by atoms with E-state index in [4.69, 9.17) is 4.74 Å².